The number of allylic oxidation sites excluding steroid dienone is 1. The Kier molecular flexibility index (Phi) is 5.47. The number of hydrogen-bond acceptors (Lipinski definition) is 5. The molecule has 0 aromatic heterocycles. The summed E-state index contributed by atoms with van der Waals surface area (Å²) in [6.45, 7) is 5.66. The Morgan fingerprint density at radius 1 is 1.31 bits per heavy atom. The monoisotopic (exact) mass is 399 g/mol. The molecular formula is C24H33NO4. The molecule has 2 aliphatic carbocycles. The molecule has 6 atom stereocenters. The number of hydrogen-bond donors (Lipinski definition) is 2. The number of carbonyl (C=O) groups excluding carboxylic acids is 1. The van der Waals surface area contributed by atoms with E-state index in [0.29, 0.717) is 19.0 Å². The largest absolute Gasteiger partial charge is 0.508 e. The van der Waals surface area contributed by atoms with Crippen LogP contribution >= 0.6 is 0 Å². The van der Waals surface area contributed by atoms with Crippen LogP contribution in [-0.4, -0.2) is 47.3 Å². The van der Waals surface area contributed by atoms with E-state index in [4.69, 9.17) is 4.74 Å². The quantitative estimate of drug-likeness (QED) is 0.584. The van der Waals surface area contributed by atoms with Crippen molar-refractivity contribution in [3.63, 3.8) is 0 Å². The summed E-state index contributed by atoms with van der Waals surface area (Å²) in [5.74, 6) is 0.628. The number of nitrogens with zero attached hydrogens (tertiary/aromatic N) is 1. The molecule has 0 bridgehead atoms. The van der Waals surface area contributed by atoms with Gasteiger partial charge in [0.1, 0.15) is 11.9 Å². The van der Waals surface area contributed by atoms with Crippen molar-refractivity contribution in [3.05, 3.63) is 41.5 Å². The van der Waals surface area contributed by atoms with Crippen molar-refractivity contribution in [1.82, 2.24) is 4.90 Å². The van der Waals surface area contributed by atoms with Gasteiger partial charge >= 0.3 is 5.97 Å². The molecule has 0 radical (unpaired) electrons. The number of fused-ring (bicyclic) bond motifs is 2. The Hall–Kier alpha value is -1.85. The fraction of sp³-hybridized carbons (Fsp3) is 0.625. The first kappa shape index (κ1) is 20.4. The zero-order chi connectivity index (χ0) is 20.8. The number of phenols is 1. The normalized spacial score (nSPS) is 34.9. The first-order valence-corrected chi connectivity index (χ1v) is 10.8. The summed E-state index contributed by atoms with van der Waals surface area (Å²) in [5, 5.41) is 19.9. The fourth-order valence-corrected chi connectivity index (χ4v) is 5.77. The minimum absolute atomic E-state index is 0.0121. The van der Waals surface area contributed by atoms with Crippen LogP contribution in [-0.2, 0) is 9.53 Å². The first-order chi connectivity index (χ1) is 13.8. The minimum atomic E-state index is -0.666. The van der Waals surface area contributed by atoms with Gasteiger partial charge in [-0.15, -0.1) is 0 Å². The number of esters is 1. The van der Waals surface area contributed by atoms with Crippen LogP contribution in [0.15, 0.2) is 35.9 Å². The number of carbonyl (C=O) groups is 1. The van der Waals surface area contributed by atoms with Crippen molar-refractivity contribution in [1.29, 1.82) is 0 Å². The van der Waals surface area contributed by atoms with Crippen molar-refractivity contribution in [2.24, 2.45) is 23.2 Å². The predicted octanol–water partition coefficient (Wildman–Crippen LogP) is 3.67. The van der Waals surface area contributed by atoms with Gasteiger partial charge in [-0.2, -0.15) is 0 Å². The molecule has 1 aliphatic heterocycles. The number of benzene rings is 1. The third kappa shape index (κ3) is 3.95. The second-order valence-electron chi connectivity index (χ2n) is 9.67. The lowest BCUT2D eigenvalue weighted by Gasteiger charge is -2.46. The van der Waals surface area contributed by atoms with E-state index in [9.17, 15) is 15.0 Å². The predicted molar refractivity (Wildman–Crippen MR) is 111 cm³/mol. The number of aliphatic hydroxyl groups excluding tert-OH is 1. The highest BCUT2D eigenvalue weighted by Gasteiger charge is 2.51. The summed E-state index contributed by atoms with van der Waals surface area (Å²) in [6.07, 6.45) is 6.31. The third-order valence-corrected chi connectivity index (χ3v) is 7.35. The van der Waals surface area contributed by atoms with Gasteiger partial charge in [-0.3, -0.25) is 4.79 Å². The van der Waals surface area contributed by atoms with Gasteiger partial charge < -0.3 is 19.8 Å². The summed E-state index contributed by atoms with van der Waals surface area (Å²) in [6, 6.07) is 6.61. The lowest BCUT2D eigenvalue weighted by atomic mass is 9.59. The van der Waals surface area contributed by atoms with Crippen LogP contribution in [0, 0.1) is 23.2 Å². The molecular weight excluding hydrogens is 366 g/mol. The smallest absolute Gasteiger partial charge is 0.311 e. The summed E-state index contributed by atoms with van der Waals surface area (Å²) in [5.41, 5.74) is 2.46. The Bertz CT molecular complexity index is 789. The number of aliphatic hydroxyl groups is 1. The zero-order valence-corrected chi connectivity index (χ0v) is 17.7. The second kappa shape index (κ2) is 7.77. The molecule has 2 N–H and O–H groups in total. The van der Waals surface area contributed by atoms with Gasteiger partial charge in [-0.25, -0.2) is 0 Å². The van der Waals surface area contributed by atoms with Gasteiger partial charge in [-0.05, 0) is 55.3 Å². The van der Waals surface area contributed by atoms with Crippen LogP contribution in [0.5, 0.6) is 5.75 Å². The molecule has 1 aromatic carbocycles. The molecule has 1 saturated heterocycles. The Morgan fingerprint density at radius 2 is 2.03 bits per heavy atom. The SMILES string of the molecule is C[C@H]1CCC[C@]2(C)C[C@H]3OC(=O)[C@H](CN(C)C[C@@H](O)c4ccc(O)cc4)[C@H]3C=C12. The van der Waals surface area contributed by atoms with E-state index in [0.717, 1.165) is 12.0 Å². The van der Waals surface area contributed by atoms with Crippen LogP contribution in [0.1, 0.15) is 51.2 Å². The third-order valence-electron chi connectivity index (χ3n) is 7.35. The van der Waals surface area contributed by atoms with Crippen LogP contribution in [0.25, 0.3) is 0 Å². The molecule has 158 valence electrons. The maximum Gasteiger partial charge on any atom is 0.311 e. The molecule has 1 saturated carbocycles. The average Bonchev–Trinajstić information content (AvgIpc) is 2.94. The molecule has 0 spiro atoms. The summed E-state index contributed by atoms with van der Waals surface area (Å²) >= 11 is 0. The van der Waals surface area contributed by atoms with E-state index in [1.165, 1.54) is 24.8 Å². The van der Waals surface area contributed by atoms with Gasteiger partial charge in [-0.1, -0.05) is 44.1 Å². The molecule has 0 amide bonds. The highest BCUT2D eigenvalue weighted by Crippen LogP contribution is 2.53. The van der Waals surface area contributed by atoms with E-state index in [1.807, 2.05) is 11.9 Å². The van der Waals surface area contributed by atoms with Gasteiger partial charge in [0.2, 0.25) is 0 Å². The standard InChI is InChI=1S/C24H33NO4/c1-15-5-4-10-24(2)12-22-18(11-20(15)24)19(23(28)29-22)13-25(3)14-21(27)16-6-8-17(26)9-7-16/h6-9,11,15,18-19,21-22,26-27H,4-5,10,12-14H2,1-3H3/t15-,18+,19+,21+,22+,24+/m0/s1. The van der Waals surface area contributed by atoms with E-state index in [-0.39, 0.29) is 35.1 Å². The highest BCUT2D eigenvalue weighted by molar-refractivity contribution is 5.76. The molecule has 1 aromatic rings. The number of rotatable bonds is 5. The first-order valence-electron chi connectivity index (χ1n) is 10.8. The topological polar surface area (TPSA) is 70.0 Å². The van der Waals surface area contributed by atoms with Crippen molar-refractivity contribution >= 4 is 5.97 Å². The van der Waals surface area contributed by atoms with Gasteiger partial charge in [0.15, 0.2) is 0 Å². The van der Waals surface area contributed by atoms with Crippen LogP contribution < -0.4 is 0 Å². The number of ether oxygens (including phenoxy) is 1. The molecule has 4 rings (SSSR count). The van der Waals surface area contributed by atoms with E-state index in [2.05, 4.69) is 19.9 Å². The maximum atomic E-state index is 12.7. The molecule has 0 unspecified atom stereocenters. The molecule has 5 nitrogen and oxygen atoms in total. The number of phenolic OH excluding ortho intramolecular Hbond substituents is 1. The molecule has 1 heterocycles. The molecule has 5 heteroatoms. The van der Waals surface area contributed by atoms with Crippen molar-refractivity contribution in [2.45, 2.75) is 51.7 Å². The summed E-state index contributed by atoms with van der Waals surface area (Å²) < 4.78 is 5.83. The van der Waals surface area contributed by atoms with Crippen molar-refractivity contribution in [2.75, 3.05) is 20.1 Å². The summed E-state index contributed by atoms with van der Waals surface area (Å²) in [7, 11) is 1.94. The fourth-order valence-electron chi connectivity index (χ4n) is 5.77. The highest BCUT2D eigenvalue weighted by atomic mass is 16.6. The molecule has 29 heavy (non-hydrogen) atoms. The maximum absolute atomic E-state index is 12.7. The van der Waals surface area contributed by atoms with Gasteiger partial charge in [0, 0.05) is 19.0 Å². The van der Waals surface area contributed by atoms with E-state index in [1.54, 1.807) is 24.3 Å². The lowest BCUT2D eigenvalue weighted by Crippen LogP contribution is -2.40. The van der Waals surface area contributed by atoms with E-state index >= 15 is 0 Å². The van der Waals surface area contributed by atoms with Crippen molar-refractivity contribution in [3.8, 4) is 5.75 Å². The van der Waals surface area contributed by atoms with Gasteiger partial charge in [0.05, 0.1) is 12.0 Å². The van der Waals surface area contributed by atoms with E-state index < -0.39 is 6.10 Å². The van der Waals surface area contributed by atoms with Crippen molar-refractivity contribution < 1.29 is 19.7 Å². The van der Waals surface area contributed by atoms with Crippen LogP contribution in [0.3, 0.4) is 0 Å². The summed E-state index contributed by atoms with van der Waals surface area (Å²) in [4.78, 5) is 14.7. The van der Waals surface area contributed by atoms with Gasteiger partial charge in [0.25, 0.3) is 0 Å². The average molecular weight is 400 g/mol. The Labute approximate surface area is 173 Å². The molecule has 2 fully saturated rings. The van der Waals surface area contributed by atoms with Crippen LogP contribution in [0.4, 0.5) is 0 Å². The minimum Gasteiger partial charge on any atom is -0.508 e. The zero-order valence-electron chi connectivity index (χ0n) is 17.7. The Morgan fingerprint density at radius 3 is 2.76 bits per heavy atom. The van der Waals surface area contributed by atoms with Crippen LogP contribution in [0.2, 0.25) is 0 Å². The second-order valence-corrected chi connectivity index (χ2v) is 9.67. The molecule has 3 aliphatic rings. The number of aromatic hydroxyl groups is 1. The Balaban J connectivity index is 1.45. The number of likely N-dealkylation sites (N-methyl/N-ethyl adjacent to an activating group) is 1. The lowest BCUT2D eigenvalue weighted by molar-refractivity contribution is -0.145.